The van der Waals surface area contributed by atoms with Gasteiger partial charge in [-0.05, 0) is 42.5 Å². The molecule has 1 amide bonds. The van der Waals surface area contributed by atoms with E-state index < -0.39 is 5.82 Å². The summed E-state index contributed by atoms with van der Waals surface area (Å²) in [7, 11) is 0. The van der Waals surface area contributed by atoms with Gasteiger partial charge in [-0.25, -0.2) is 4.39 Å². The third kappa shape index (κ3) is 3.73. The van der Waals surface area contributed by atoms with E-state index >= 15 is 0 Å². The first-order valence-corrected chi connectivity index (χ1v) is 7.59. The molecular formula is C19H13ClFNO2. The number of nitrogens with one attached hydrogen (secondary N) is 1. The molecule has 3 aromatic rings. The third-order valence-corrected chi connectivity index (χ3v) is 3.57. The Labute approximate surface area is 143 Å². The van der Waals surface area contributed by atoms with Crippen molar-refractivity contribution < 1.29 is 13.9 Å². The number of amides is 1. The van der Waals surface area contributed by atoms with Gasteiger partial charge in [-0.3, -0.25) is 4.79 Å². The lowest BCUT2D eigenvalue weighted by Crippen LogP contribution is -2.13. The molecule has 3 aromatic carbocycles. The first kappa shape index (κ1) is 16.0. The zero-order chi connectivity index (χ0) is 16.9. The molecule has 3 nitrogen and oxygen atoms in total. The van der Waals surface area contributed by atoms with E-state index in [1.807, 2.05) is 18.2 Å². The molecule has 0 unspecified atom stereocenters. The normalized spacial score (nSPS) is 10.2. The van der Waals surface area contributed by atoms with E-state index in [0.29, 0.717) is 22.7 Å². The van der Waals surface area contributed by atoms with E-state index in [1.165, 1.54) is 18.2 Å². The van der Waals surface area contributed by atoms with Crippen LogP contribution in [0.1, 0.15) is 10.4 Å². The van der Waals surface area contributed by atoms with Gasteiger partial charge in [-0.15, -0.1) is 0 Å². The van der Waals surface area contributed by atoms with E-state index in [1.54, 1.807) is 36.4 Å². The summed E-state index contributed by atoms with van der Waals surface area (Å²) in [6, 6.07) is 20.1. The summed E-state index contributed by atoms with van der Waals surface area (Å²) in [6.07, 6.45) is 0. The molecule has 1 N–H and O–H groups in total. The van der Waals surface area contributed by atoms with E-state index in [2.05, 4.69) is 5.32 Å². The number of anilines is 1. The predicted molar refractivity (Wildman–Crippen MR) is 92.3 cm³/mol. The minimum absolute atomic E-state index is 0.0541. The SMILES string of the molecule is O=C(Nc1ccc(F)c(Cl)c1)c1ccccc1Oc1ccccc1. The van der Waals surface area contributed by atoms with Crippen LogP contribution in [0.5, 0.6) is 11.5 Å². The smallest absolute Gasteiger partial charge is 0.259 e. The van der Waals surface area contributed by atoms with Crippen molar-refractivity contribution in [3.05, 3.63) is 89.2 Å². The maximum atomic E-state index is 13.2. The lowest BCUT2D eigenvalue weighted by molar-refractivity contribution is 0.102. The molecule has 0 saturated heterocycles. The maximum absolute atomic E-state index is 13.2. The van der Waals surface area contributed by atoms with Crippen LogP contribution in [0.4, 0.5) is 10.1 Å². The molecule has 5 heteroatoms. The standard InChI is InChI=1S/C19H13ClFNO2/c20-16-12-13(10-11-17(16)21)22-19(23)15-8-4-5-9-18(15)24-14-6-2-1-3-7-14/h1-12H,(H,22,23). The van der Waals surface area contributed by atoms with Crippen LogP contribution >= 0.6 is 11.6 Å². The molecule has 0 aliphatic rings. The summed E-state index contributed by atoms with van der Waals surface area (Å²) in [5, 5.41) is 2.63. The van der Waals surface area contributed by atoms with Crippen LogP contribution < -0.4 is 10.1 Å². The summed E-state index contributed by atoms with van der Waals surface area (Å²) in [5.41, 5.74) is 0.766. The molecule has 0 saturated carbocycles. The largest absolute Gasteiger partial charge is 0.457 e. The zero-order valence-corrected chi connectivity index (χ0v) is 13.3. The van der Waals surface area contributed by atoms with Gasteiger partial charge in [0.15, 0.2) is 0 Å². The first-order chi connectivity index (χ1) is 11.6. The van der Waals surface area contributed by atoms with Crippen LogP contribution in [0, 0.1) is 5.82 Å². The second kappa shape index (κ2) is 7.15. The number of benzene rings is 3. The summed E-state index contributed by atoms with van der Waals surface area (Å²) in [4.78, 5) is 12.5. The van der Waals surface area contributed by atoms with Crippen molar-refractivity contribution in [1.29, 1.82) is 0 Å². The van der Waals surface area contributed by atoms with Crippen molar-refractivity contribution in [1.82, 2.24) is 0 Å². The number of carbonyl (C=O) groups is 1. The molecule has 24 heavy (non-hydrogen) atoms. The van der Waals surface area contributed by atoms with Gasteiger partial charge in [0, 0.05) is 5.69 Å². The fraction of sp³-hybridized carbons (Fsp3) is 0. The number of carbonyl (C=O) groups excluding carboxylic acids is 1. The summed E-state index contributed by atoms with van der Waals surface area (Å²) in [5.74, 6) is 0.142. The highest BCUT2D eigenvalue weighted by Gasteiger charge is 2.13. The Morgan fingerprint density at radius 3 is 2.42 bits per heavy atom. The molecular weight excluding hydrogens is 329 g/mol. The Morgan fingerprint density at radius 2 is 1.67 bits per heavy atom. The van der Waals surface area contributed by atoms with Gasteiger partial charge in [0.25, 0.3) is 5.91 Å². The lowest BCUT2D eigenvalue weighted by atomic mass is 10.1. The molecule has 3 rings (SSSR count). The average molecular weight is 342 g/mol. The second-order valence-electron chi connectivity index (χ2n) is 4.99. The summed E-state index contributed by atoms with van der Waals surface area (Å²) < 4.78 is 19.0. The predicted octanol–water partition coefficient (Wildman–Crippen LogP) is 5.52. The van der Waals surface area contributed by atoms with Crippen molar-refractivity contribution in [3.8, 4) is 11.5 Å². The molecule has 0 heterocycles. The van der Waals surface area contributed by atoms with Crippen molar-refractivity contribution in [2.45, 2.75) is 0 Å². The Hall–Kier alpha value is -2.85. The number of para-hydroxylation sites is 2. The van der Waals surface area contributed by atoms with Gasteiger partial charge in [-0.2, -0.15) is 0 Å². The molecule has 0 aliphatic heterocycles. The zero-order valence-electron chi connectivity index (χ0n) is 12.5. The molecule has 0 atom stereocenters. The lowest BCUT2D eigenvalue weighted by Gasteiger charge is -2.11. The van der Waals surface area contributed by atoms with Crippen LogP contribution in [0.25, 0.3) is 0 Å². The van der Waals surface area contributed by atoms with Crippen molar-refractivity contribution in [2.24, 2.45) is 0 Å². The van der Waals surface area contributed by atoms with Gasteiger partial charge in [0.1, 0.15) is 17.3 Å². The van der Waals surface area contributed by atoms with E-state index in [-0.39, 0.29) is 10.9 Å². The van der Waals surface area contributed by atoms with Crippen molar-refractivity contribution in [3.63, 3.8) is 0 Å². The minimum atomic E-state index is -0.539. The molecule has 120 valence electrons. The number of halogens is 2. The highest BCUT2D eigenvalue weighted by atomic mass is 35.5. The monoisotopic (exact) mass is 341 g/mol. The van der Waals surface area contributed by atoms with Gasteiger partial charge in [0.2, 0.25) is 0 Å². The van der Waals surface area contributed by atoms with Gasteiger partial charge >= 0.3 is 0 Å². The number of ether oxygens (including phenoxy) is 1. The maximum Gasteiger partial charge on any atom is 0.259 e. The molecule has 0 fully saturated rings. The number of rotatable bonds is 4. The molecule has 0 bridgehead atoms. The fourth-order valence-electron chi connectivity index (χ4n) is 2.13. The summed E-state index contributed by atoms with van der Waals surface area (Å²) in [6.45, 7) is 0. The number of hydrogen-bond acceptors (Lipinski definition) is 2. The Kier molecular flexibility index (Phi) is 4.77. The van der Waals surface area contributed by atoms with E-state index in [9.17, 15) is 9.18 Å². The quantitative estimate of drug-likeness (QED) is 0.678. The van der Waals surface area contributed by atoms with Gasteiger partial charge in [0.05, 0.1) is 10.6 Å². The molecule has 0 radical (unpaired) electrons. The first-order valence-electron chi connectivity index (χ1n) is 7.22. The molecule has 0 aliphatic carbocycles. The average Bonchev–Trinajstić information content (AvgIpc) is 2.59. The highest BCUT2D eigenvalue weighted by Crippen LogP contribution is 2.26. The molecule has 0 aromatic heterocycles. The van der Waals surface area contributed by atoms with Crippen LogP contribution in [0.2, 0.25) is 5.02 Å². The third-order valence-electron chi connectivity index (χ3n) is 3.28. The number of hydrogen-bond donors (Lipinski definition) is 1. The van der Waals surface area contributed by atoms with Crippen LogP contribution in [0.15, 0.2) is 72.8 Å². The topological polar surface area (TPSA) is 38.3 Å². The van der Waals surface area contributed by atoms with Crippen LogP contribution in [-0.4, -0.2) is 5.91 Å². The van der Waals surface area contributed by atoms with Crippen molar-refractivity contribution >= 4 is 23.2 Å². The second-order valence-corrected chi connectivity index (χ2v) is 5.40. The van der Waals surface area contributed by atoms with Gasteiger partial charge in [-0.1, -0.05) is 41.9 Å². The fourth-order valence-corrected chi connectivity index (χ4v) is 2.31. The van der Waals surface area contributed by atoms with E-state index in [0.717, 1.165) is 0 Å². The highest BCUT2D eigenvalue weighted by molar-refractivity contribution is 6.31. The van der Waals surface area contributed by atoms with Crippen LogP contribution in [0.3, 0.4) is 0 Å². The van der Waals surface area contributed by atoms with Crippen molar-refractivity contribution in [2.75, 3.05) is 5.32 Å². The molecule has 0 spiro atoms. The van der Waals surface area contributed by atoms with Gasteiger partial charge < -0.3 is 10.1 Å². The minimum Gasteiger partial charge on any atom is -0.457 e. The summed E-state index contributed by atoms with van der Waals surface area (Å²) >= 11 is 5.73. The Bertz CT molecular complexity index is 868. The Balaban J connectivity index is 1.83. The van der Waals surface area contributed by atoms with E-state index in [4.69, 9.17) is 16.3 Å². The van der Waals surface area contributed by atoms with Crippen LogP contribution in [-0.2, 0) is 0 Å². The Morgan fingerprint density at radius 1 is 0.958 bits per heavy atom.